The van der Waals surface area contributed by atoms with E-state index in [0.29, 0.717) is 11.5 Å². The predicted octanol–water partition coefficient (Wildman–Crippen LogP) is 2.27. The Morgan fingerprint density at radius 2 is 2.26 bits per heavy atom. The molecule has 0 spiro atoms. The number of hydrogen-bond acceptors (Lipinski definition) is 3. The number of aliphatic hydroxyl groups is 1. The summed E-state index contributed by atoms with van der Waals surface area (Å²) in [6.45, 7) is 4.72. The fourth-order valence-corrected chi connectivity index (χ4v) is 2.93. The van der Waals surface area contributed by atoms with Crippen molar-refractivity contribution in [2.24, 2.45) is 5.92 Å². The van der Waals surface area contributed by atoms with Gasteiger partial charge in [-0.1, -0.05) is 6.07 Å². The third kappa shape index (κ3) is 3.25. The Morgan fingerprint density at radius 3 is 2.84 bits per heavy atom. The molecule has 2 rings (SSSR count). The Hall–Kier alpha value is -1.13. The Labute approximate surface area is 114 Å². The topological polar surface area (TPSA) is 26.7 Å². The third-order valence-electron chi connectivity index (χ3n) is 3.88. The van der Waals surface area contributed by atoms with Crippen molar-refractivity contribution in [2.45, 2.75) is 19.4 Å². The predicted molar refractivity (Wildman–Crippen MR) is 75.9 cm³/mol. The van der Waals surface area contributed by atoms with Crippen LogP contribution in [0, 0.1) is 11.7 Å². The summed E-state index contributed by atoms with van der Waals surface area (Å²) < 4.78 is 13.8. The van der Waals surface area contributed by atoms with Crippen LogP contribution in [-0.2, 0) is 0 Å². The molecule has 2 atom stereocenters. The summed E-state index contributed by atoms with van der Waals surface area (Å²) in [5.41, 5.74) is 1.20. The maximum atomic E-state index is 13.8. The van der Waals surface area contributed by atoms with Gasteiger partial charge in [-0.2, -0.15) is 0 Å². The first-order valence-electron chi connectivity index (χ1n) is 6.85. The van der Waals surface area contributed by atoms with Crippen LogP contribution in [0.5, 0.6) is 0 Å². The van der Waals surface area contributed by atoms with Gasteiger partial charge in [0.15, 0.2) is 0 Å². The highest BCUT2D eigenvalue weighted by Crippen LogP contribution is 2.29. The van der Waals surface area contributed by atoms with Crippen LogP contribution in [0.15, 0.2) is 18.2 Å². The lowest BCUT2D eigenvalue weighted by Crippen LogP contribution is -2.28. The average molecular weight is 266 g/mol. The normalized spacial score (nSPS) is 21.6. The molecule has 1 heterocycles. The van der Waals surface area contributed by atoms with Gasteiger partial charge in [0.25, 0.3) is 0 Å². The number of rotatable bonds is 4. The molecule has 0 bridgehead atoms. The fraction of sp³-hybridized carbons (Fsp3) is 0.600. The van der Waals surface area contributed by atoms with Crippen molar-refractivity contribution in [3.8, 4) is 0 Å². The van der Waals surface area contributed by atoms with Crippen molar-refractivity contribution in [3.05, 3.63) is 29.6 Å². The van der Waals surface area contributed by atoms with E-state index in [1.54, 1.807) is 13.0 Å². The molecule has 1 N–H and O–H groups in total. The van der Waals surface area contributed by atoms with Crippen LogP contribution < -0.4 is 4.90 Å². The van der Waals surface area contributed by atoms with Crippen molar-refractivity contribution in [1.82, 2.24) is 4.90 Å². The smallest absolute Gasteiger partial charge is 0.131 e. The van der Waals surface area contributed by atoms with Gasteiger partial charge in [-0.05, 0) is 45.0 Å². The first kappa shape index (κ1) is 14.3. The summed E-state index contributed by atoms with van der Waals surface area (Å²) in [6, 6.07) is 4.99. The summed E-state index contributed by atoms with van der Waals surface area (Å²) in [6.07, 6.45) is 0.394. The van der Waals surface area contributed by atoms with Crippen LogP contribution in [-0.4, -0.2) is 43.7 Å². The highest BCUT2D eigenvalue weighted by Gasteiger charge is 2.23. The Morgan fingerprint density at radius 1 is 1.53 bits per heavy atom. The molecule has 1 aliphatic heterocycles. The van der Waals surface area contributed by atoms with Gasteiger partial charge in [-0.3, -0.25) is 0 Å². The molecular formula is C15H23FN2O. The van der Waals surface area contributed by atoms with Gasteiger partial charge >= 0.3 is 0 Å². The van der Waals surface area contributed by atoms with Gasteiger partial charge in [0, 0.05) is 31.4 Å². The Balaban J connectivity index is 2.14. The van der Waals surface area contributed by atoms with Gasteiger partial charge in [0.05, 0.1) is 6.10 Å². The second-order valence-electron chi connectivity index (χ2n) is 5.65. The molecular weight excluding hydrogens is 243 g/mol. The highest BCUT2D eigenvalue weighted by atomic mass is 19.1. The molecule has 0 aromatic heterocycles. The monoisotopic (exact) mass is 266 g/mol. The molecule has 4 heteroatoms. The Kier molecular flexibility index (Phi) is 4.42. The lowest BCUT2D eigenvalue weighted by molar-refractivity contribution is 0.194. The summed E-state index contributed by atoms with van der Waals surface area (Å²) in [4.78, 5) is 4.38. The number of likely N-dealkylation sites (tertiary alicyclic amines) is 1. The van der Waals surface area contributed by atoms with E-state index in [9.17, 15) is 9.50 Å². The number of benzene rings is 1. The van der Waals surface area contributed by atoms with Gasteiger partial charge in [-0.15, -0.1) is 0 Å². The largest absolute Gasteiger partial charge is 0.389 e. The first-order valence-corrected chi connectivity index (χ1v) is 6.85. The third-order valence-corrected chi connectivity index (χ3v) is 3.88. The van der Waals surface area contributed by atoms with Crippen LogP contribution in [0.2, 0.25) is 0 Å². The van der Waals surface area contributed by atoms with Gasteiger partial charge in [0.2, 0.25) is 0 Å². The zero-order valence-corrected chi connectivity index (χ0v) is 11.9. The number of hydrogen-bond donors (Lipinski definition) is 1. The van der Waals surface area contributed by atoms with E-state index in [1.807, 2.05) is 13.1 Å². The maximum Gasteiger partial charge on any atom is 0.131 e. The van der Waals surface area contributed by atoms with Crippen LogP contribution in [0.1, 0.15) is 25.0 Å². The summed E-state index contributed by atoms with van der Waals surface area (Å²) in [5, 5.41) is 9.76. The molecule has 0 aliphatic carbocycles. The molecule has 1 saturated heterocycles. The van der Waals surface area contributed by atoms with E-state index in [4.69, 9.17) is 0 Å². The molecule has 1 fully saturated rings. The first-order chi connectivity index (χ1) is 8.99. The SMILES string of the molecule is C[C@@H](O)c1c(F)cccc1N(C)CC1CCN(C)C1. The highest BCUT2D eigenvalue weighted by molar-refractivity contribution is 5.54. The van der Waals surface area contributed by atoms with E-state index < -0.39 is 6.10 Å². The van der Waals surface area contributed by atoms with Crippen LogP contribution in [0.25, 0.3) is 0 Å². The molecule has 106 valence electrons. The minimum Gasteiger partial charge on any atom is -0.389 e. The molecule has 19 heavy (non-hydrogen) atoms. The second kappa shape index (κ2) is 5.88. The van der Waals surface area contributed by atoms with E-state index >= 15 is 0 Å². The molecule has 1 aliphatic rings. The Bertz CT molecular complexity index is 436. The average Bonchev–Trinajstić information content (AvgIpc) is 2.73. The molecule has 1 aromatic carbocycles. The van der Waals surface area contributed by atoms with Gasteiger partial charge in [0.1, 0.15) is 5.82 Å². The number of aliphatic hydroxyl groups excluding tert-OH is 1. The minimum atomic E-state index is -0.787. The molecule has 1 aromatic rings. The van der Waals surface area contributed by atoms with Crippen LogP contribution >= 0.6 is 0 Å². The molecule has 1 unspecified atom stereocenters. The second-order valence-corrected chi connectivity index (χ2v) is 5.65. The van der Waals surface area contributed by atoms with Crippen LogP contribution in [0.4, 0.5) is 10.1 Å². The van der Waals surface area contributed by atoms with E-state index in [0.717, 1.165) is 25.3 Å². The van der Waals surface area contributed by atoms with Crippen molar-refractivity contribution >= 4 is 5.69 Å². The quantitative estimate of drug-likeness (QED) is 0.905. The molecule has 0 amide bonds. The number of nitrogens with zero attached hydrogens (tertiary/aromatic N) is 2. The van der Waals surface area contributed by atoms with E-state index in [-0.39, 0.29) is 5.82 Å². The number of anilines is 1. The van der Waals surface area contributed by atoms with Gasteiger partial charge < -0.3 is 14.9 Å². The van der Waals surface area contributed by atoms with E-state index in [2.05, 4.69) is 16.8 Å². The van der Waals surface area contributed by atoms with Crippen molar-refractivity contribution in [1.29, 1.82) is 0 Å². The van der Waals surface area contributed by atoms with Crippen LogP contribution in [0.3, 0.4) is 0 Å². The summed E-state index contributed by atoms with van der Waals surface area (Å²) >= 11 is 0. The molecule has 0 radical (unpaired) electrons. The summed E-state index contributed by atoms with van der Waals surface area (Å²) in [7, 11) is 4.10. The summed E-state index contributed by atoms with van der Waals surface area (Å²) in [5.74, 6) is 0.281. The lowest BCUT2D eigenvalue weighted by atomic mass is 10.0. The fourth-order valence-electron chi connectivity index (χ4n) is 2.93. The molecule has 3 nitrogen and oxygen atoms in total. The number of halogens is 1. The van der Waals surface area contributed by atoms with Crippen molar-refractivity contribution in [3.63, 3.8) is 0 Å². The van der Waals surface area contributed by atoms with Gasteiger partial charge in [-0.25, -0.2) is 4.39 Å². The minimum absolute atomic E-state index is 0.331. The van der Waals surface area contributed by atoms with Crippen molar-refractivity contribution < 1.29 is 9.50 Å². The molecule has 0 saturated carbocycles. The maximum absolute atomic E-state index is 13.8. The lowest BCUT2D eigenvalue weighted by Gasteiger charge is -2.26. The standard InChI is InChI=1S/C15H23FN2O/c1-11(19)15-13(16)5-4-6-14(15)18(3)10-12-7-8-17(2)9-12/h4-6,11-12,19H,7-10H2,1-3H3/t11-,12?/m1/s1. The zero-order valence-electron chi connectivity index (χ0n) is 11.9. The van der Waals surface area contributed by atoms with E-state index in [1.165, 1.54) is 12.5 Å². The van der Waals surface area contributed by atoms with Crippen molar-refractivity contribution in [2.75, 3.05) is 38.6 Å². The zero-order chi connectivity index (χ0) is 14.0.